The second kappa shape index (κ2) is 5.19. The lowest BCUT2D eigenvalue weighted by atomic mass is 9.73. The van der Waals surface area contributed by atoms with Crippen molar-refractivity contribution in [3.63, 3.8) is 0 Å². The normalized spacial score (nSPS) is 27.9. The van der Waals surface area contributed by atoms with E-state index in [1.807, 2.05) is 18.2 Å². The van der Waals surface area contributed by atoms with E-state index < -0.39 is 0 Å². The van der Waals surface area contributed by atoms with E-state index in [1.54, 1.807) is 14.2 Å². The Hall–Kier alpha value is -1.22. The molecule has 0 spiro atoms. The molecule has 2 N–H and O–H groups in total. The molecular weight excluding hydrogens is 226 g/mol. The molecule has 0 radical (unpaired) electrons. The van der Waals surface area contributed by atoms with Crippen LogP contribution < -0.4 is 15.2 Å². The molecule has 0 saturated heterocycles. The molecule has 0 heterocycles. The highest BCUT2D eigenvalue weighted by molar-refractivity contribution is 5.44. The molecule has 0 bridgehead atoms. The van der Waals surface area contributed by atoms with Gasteiger partial charge in [-0.1, -0.05) is 19.8 Å². The minimum atomic E-state index is -0.280. The molecule has 1 aliphatic rings. The summed E-state index contributed by atoms with van der Waals surface area (Å²) in [5, 5.41) is 0. The summed E-state index contributed by atoms with van der Waals surface area (Å²) in [6.07, 6.45) is 4.47. The maximum atomic E-state index is 6.64. The number of hydrogen-bond acceptors (Lipinski definition) is 3. The number of ether oxygens (including phenoxy) is 2. The average Bonchev–Trinajstić information content (AvgIpc) is 2.37. The van der Waals surface area contributed by atoms with Crippen molar-refractivity contribution < 1.29 is 9.47 Å². The summed E-state index contributed by atoms with van der Waals surface area (Å²) in [5.41, 5.74) is 7.43. The van der Waals surface area contributed by atoms with Gasteiger partial charge in [-0.2, -0.15) is 0 Å². The van der Waals surface area contributed by atoms with E-state index in [2.05, 4.69) is 6.92 Å². The minimum Gasteiger partial charge on any atom is -0.497 e. The fourth-order valence-corrected chi connectivity index (χ4v) is 3.04. The van der Waals surface area contributed by atoms with Gasteiger partial charge < -0.3 is 15.2 Å². The summed E-state index contributed by atoms with van der Waals surface area (Å²) in [4.78, 5) is 0. The summed E-state index contributed by atoms with van der Waals surface area (Å²) < 4.78 is 10.8. The molecule has 18 heavy (non-hydrogen) atoms. The molecule has 1 fully saturated rings. The zero-order valence-corrected chi connectivity index (χ0v) is 11.5. The van der Waals surface area contributed by atoms with Crippen LogP contribution in [0.25, 0.3) is 0 Å². The van der Waals surface area contributed by atoms with E-state index in [4.69, 9.17) is 15.2 Å². The second-order valence-electron chi connectivity index (χ2n) is 5.42. The predicted molar refractivity (Wildman–Crippen MR) is 73.0 cm³/mol. The predicted octanol–water partition coefficient (Wildman–Crippen LogP) is 3.07. The van der Waals surface area contributed by atoms with E-state index in [0.717, 1.165) is 29.9 Å². The molecule has 3 nitrogen and oxygen atoms in total. The Kier molecular flexibility index (Phi) is 3.81. The first kappa shape index (κ1) is 13.2. The van der Waals surface area contributed by atoms with Crippen molar-refractivity contribution in [1.82, 2.24) is 0 Å². The third-order valence-electron chi connectivity index (χ3n) is 3.98. The standard InChI is InChI=1S/C15H23NO2/c1-11-5-4-8-15(16,10-11)13-9-12(17-2)6-7-14(13)18-3/h6-7,9,11H,4-5,8,10,16H2,1-3H3. The molecule has 100 valence electrons. The fraction of sp³-hybridized carbons (Fsp3) is 0.600. The van der Waals surface area contributed by atoms with Gasteiger partial charge in [0.25, 0.3) is 0 Å². The van der Waals surface area contributed by atoms with E-state index in [9.17, 15) is 0 Å². The lowest BCUT2D eigenvalue weighted by molar-refractivity contribution is 0.232. The first-order chi connectivity index (χ1) is 8.59. The van der Waals surface area contributed by atoms with Crippen molar-refractivity contribution in [3.05, 3.63) is 23.8 Å². The van der Waals surface area contributed by atoms with Crippen LogP contribution in [-0.4, -0.2) is 14.2 Å². The fourth-order valence-electron chi connectivity index (χ4n) is 3.04. The van der Waals surface area contributed by atoms with Crippen LogP contribution in [0.4, 0.5) is 0 Å². The average molecular weight is 249 g/mol. The van der Waals surface area contributed by atoms with E-state index in [1.165, 1.54) is 12.8 Å². The van der Waals surface area contributed by atoms with Crippen molar-refractivity contribution >= 4 is 0 Å². The van der Waals surface area contributed by atoms with Gasteiger partial charge in [-0.15, -0.1) is 0 Å². The Labute approximate surface area is 109 Å². The van der Waals surface area contributed by atoms with Gasteiger partial charge in [-0.3, -0.25) is 0 Å². The maximum absolute atomic E-state index is 6.64. The Balaban J connectivity index is 2.40. The van der Waals surface area contributed by atoms with Gasteiger partial charge in [0.05, 0.1) is 14.2 Å². The van der Waals surface area contributed by atoms with Gasteiger partial charge in [0, 0.05) is 11.1 Å². The Bertz CT molecular complexity index is 419. The maximum Gasteiger partial charge on any atom is 0.124 e. The molecule has 2 unspecified atom stereocenters. The topological polar surface area (TPSA) is 44.5 Å². The Morgan fingerprint density at radius 3 is 2.67 bits per heavy atom. The Morgan fingerprint density at radius 2 is 2.06 bits per heavy atom. The molecule has 0 aliphatic heterocycles. The SMILES string of the molecule is COc1ccc(OC)c(C2(N)CCCC(C)C2)c1. The summed E-state index contributed by atoms with van der Waals surface area (Å²) in [5.74, 6) is 2.38. The highest BCUT2D eigenvalue weighted by Crippen LogP contribution is 2.42. The number of rotatable bonds is 3. The molecule has 1 aliphatic carbocycles. The molecule has 1 aromatic carbocycles. The number of benzene rings is 1. The van der Waals surface area contributed by atoms with Crippen molar-refractivity contribution in [1.29, 1.82) is 0 Å². The van der Waals surface area contributed by atoms with Gasteiger partial charge in [-0.05, 0) is 37.0 Å². The zero-order chi connectivity index (χ0) is 13.2. The molecule has 3 heteroatoms. The quantitative estimate of drug-likeness (QED) is 0.895. The van der Waals surface area contributed by atoms with Crippen LogP contribution >= 0.6 is 0 Å². The van der Waals surface area contributed by atoms with Crippen LogP contribution in [-0.2, 0) is 5.54 Å². The molecule has 2 atom stereocenters. The van der Waals surface area contributed by atoms with Crippen LogP contribution in [0.3, 0.4) is 0 Å². The third-order valence-corrected chi connectivity index (χ3v) is 3.98. The van der Waals surface area contributed by atoms with E-state index >= 15 is 0 Å². The Morgan fingerprint density at radius 1 is 1.28 bits per heavy atom. The van der Waals surface area contributed by atoms with Crippen molar-refractivity contribution in [2.24, 2.45) is 11.7 Å². The molecule has 0 amide bonds. The number of methoxy groups -OCH3 is 2. The lowest BCUT2D eigenvalue weighted by Crippen LogP contribution is -2.41. The van der Waals surface area contributed by atoms with Crippen molar-refractivity contribution in [2.45, 2.75) is 38.1 Å². The second-order valence-corrected chi connectivity index (χ2v) is 5.42. The summed E-state index contributed by atoms with van der Waals surface area (Å²) in [6, 6.07) is 5.89. The minimum absolute atomic E-state index is 0.280. The van der Waals surface area contributed by atoms with Crippen LogP contribution in [0.15, 0.2) is 18.2 Å². The highest BCUT2D eigenvalue weighted by Gasteiger charge is 2.35. The number of hydrogen-bond donors (Lipinski definition) is 1. The van der Waals surface area contributed by atoms with Gasteiger partial charge >= 0.3 is 0 Å². The van der Waals surface area contributed by atoms with Crippen LogP contribution in [0.5, 0.6) is 11.5 Å². The zero-order valence-electron chi connectivity index (χ0n) is 11.5. The largest absolute Gasteiger partial charge is 0.497 e. The smallest absolute Gasteiger partial charge is 0.124 e. The van der Waals surface area contributed by atoms with Gasteiger partial charge in [-0.25, -0.2) is 0 Å². The van der Waals surface area contributed by atoms with E-state index in [0.29, 0.717) is 5.92 Å². The van der Waals surface area contributed by atoms with Gasteiger partial charge in [0.15, 0.2) is 0 Å². The summed E-state index contributed by atoms with van der Waals surface area (Å²) >= 11 is 0. The molecule has 1 aromatic rings. The first-order valence-corrected chi connectivity index (χ1v) is 6.60. The molecular formula is C15H23NO2. The lowest BCUT2D eigenvalue weighted by Gasteiger charge is -2.38. The van der Waals surface area contributed by atoms with Crippen LogP contribution in [0, 0.1) is 5.92 Å². The van der Waals surface area contributed by atoms with E-state index in [-0.39, 0.29) is 5.54 Å². The third kappa shape index (κ3) is 2.46. The van der Waals surface area contributed by atoms with Crippen LogP contribution in [0.2, 0.25) is 0 Å². The van der Waals surface area contributed by atoms with Gasteiger partial charge in [0.1, 0.15) is 11.5 Å². The number of nitrogens with two attached hydrogens (primary N) is 1. The first-order valence-electron chi connectivity index (χ1n) is 6.60. The monoisotopic (exact) mass is 249 g/mol. The molecule has 0 aromatic heterocycles. The van der Waals surface area contributed by atoms with Crippen molar-refractivity contribution in [3.8, 4) is 11.5 Å². The van der Waals surface area contributed by atoms with Gasteiger partial charge in [0.2, 0.25) is 0 Å². The summed E-state index contributed by atoms with van der Waals surface area (Å²) in [6.45, 7) is 2.27. The van der Waals surface area contributed by atoms with Crippen molar-refractivity contribution in [2.75, 3.05) is 14.2 Å². The summed E-state index contributed by atoms with van der Waals surface area (Å²) in [7, 11) is 3.37. The van der Waals surface area contributed by atoms with Crippen LogP contribution in [0.1, 0.15) is 38.2 Å². The highest BCUT2D eigenvalue weighted by atomic mass is 16.5. The molecule has 2 rings (SSSR count). The molecule has 1 saturated carbocycles.